The molecule has 0 N–H and O–H groups in total. The third-order valence-corrected chi connectivity index (χ3v) is 4.58. The monoisotopic (exact) mass is 341 g/mol. The van der Waals surface area contributed by atoms with E-state index in [1.54, 1.807) is 4.52 Å². The Morgan fingerprint density at radius 1 is 1.21 bits per heavy atom. The van der Waals surface area contributed by atoms with Crippen LogP contribution in [-0.2, 0) is 0 Å². The standard InChI is InChI=1S/C15H11N5O3S/c1-8-6-9(19-23-8)14-18-20-13(16-17-15(20)24-14)12-7-21-10-4-2-3-5-11(10)22-12/h2-6,12H,7H2,1H3. The zero-order valence-corrected chi connectivity index (χ0v) is 13.4. The van der Waals surface area contributed by atoms with E-state index in [0.717, 1.165) is 16.5 Å². The lowest BCUT2D eigenvalue weighted by molar-refractivity contribution is 0.0836. The molecule has 0 spiro atoms. The predicted molar refractivity (Wildman–Crippen MR) is 84.2 cm³/mol. The molecule has 0 saturated heterocycles. The first-order valence-corrected chi connectivity index (χ1v) is 8.14. The first kappa shape index (κ1) is 13.5. The SMILES string of the molecule is Cc1cc(-c2nn3c(C4COc5ccccc5O4)nnc3s2)no1. The van der Waals surface area contributed by atoms with Gasteiger partial charge in [-0.3, -0.25) is 0 Å². The number of nitrogens with zero attached hydrogens (tertiary/aromatic N) is 5. The van der Waals surface area contributed by atoms with E-state index >= 15 is 0 Å². The van der Waals surface area contributed by atoms with Crippen LogP contribution in [0.5, 0.6) is 11.5 Å². The van der Waals surface area contributed by atoms with Gasteiger partial charge in [0, 0.05) is 6.07 Å². The summed E-state index contributed by atoms with van der Waals surface area (Å²) in [5.74, 6) is 2.75. The quantitative estimate of drug-likeness (QED) is 0.554. The molecule has 1 atom stereocenters. The molecule has 0 saturated carbocycles. The average molecular weight is 341 g/mol. The number of aromatic nitrogens is 5. The summed E-state index contributed by atoms with van der Waals surface area (Å²) in [5.41, 5.74) is 0.681. The predicted octanol–water partition coefficient (Wildman–Crippen LogP) is 2.66. The highest BCUT2D eigenvalue weighted by molar-refractivity contribution is 7.19. The normalized spacial score (nSPS) is 16.6. The number of benzene rings is 1. The van der Waals surface area contributed by atoms with Crippen LogP contribution < -0.4 is 9.47 Å². The fourth-order valence-electron chi connectivity index (χ4n) is 2.55. The molecule has 9 heteroatoms. The van der Waals surface area contributed by atoms with Gasteiger partial charge in [0.05, 0.1) is 0 Å². The number of aryl methyl sites for hydroxylation is 1. The van der Waals surface area contributed by atoms with Gasteiger partial charge in [-0.25, -0.2) is 0 Å². The second kappa shape index (κ2) is 5.03. The van der Waals surface area contributed by atoms with Crippen molar-refractivity contribution in [3.05, 3.63) is 41.9 Å². The van der Waals surface area contributed by atoms with Crippen LogP contribution in [0.4, 0.5) is 0 Å². The molecule has 5 rings (SSSR count). The van der Waals surface area contributed by atoms with Gasteiger partial charge in [-0.2, -0.15) is 9.61 Å². The van der Waals surface area contributed by atoms with Crippen molar-refractivity contribution >= 4 is 16.3 Å². The van der Waals surface area contributed by atoms with E-state index in [-0.39, 0.29) is 6.10 Å². The number of hydrogen-bond acceptors (Lipinski definition) is 8. The summed E-state index contributed by atoms with van der Waals surface area (Å²) < 4.78 is 18.5. The molecule has 4 heterocycles. The summed E-state index contributed by atoms with van der Waals surface area (Å²) >= 11 is 1.39. The van der Waals surface area contributed by atoms with Crippen LogP contribution in [0.15, 0.2) is 34.9 Å². The van der Waals surface area contributed by atoms with E-state index in [2.05, 4.69) is 20.5 Å². The highest BCUT2D eigenvalue weighted by Crippen LogP contribution is 2.36. The second-order valence-electron chi connectivity index (χ2n) is 5.35. The van der Waals surface area contributed by atoms with Crippen molar-refractivity contribution in [1.82, 2.24) is 25.0 Å². The Balaban J connectivity index is 1.53. The first-order valence-electron chi connectivity index (χ1n) is 7.32. The Bertz CT molecular complexity index is 1040. The molecule has 24 heavy (non-hydrogen) atoms. The van der Waals surface area contributed by atoms with Crippen LogP contribution in [0.1, 0.15) is 17.7 Å². The van der Waals surface area contributed by atoms with Crippen LogP contribution in [0.2, 0.25) is 0 Å². The second-order valence-corrected chi connectivity index (χ2v) is 6.30. The molecule has 3 aromatic heterocycles. The van der Waals surface area contributed by atoms with E-state index in [1.165, 1.54) is 11.3 Å². The molecule has 4 aromatic rings. The van der Waals surface area contributed by atoms with Crippen molar-refractivity contribution in [2.75, 3.05) is 6.61 Å². The summed E-state index contributed by atoms with van der Waals surface area (Å²) in [5, 5.41) is 17.6. The maximum Gasteiger partial charge on any atom is 0.235 e. The minimum Gasteiger partial charge on any atom is -0.485 e. The summed E-state index contributed by atoms with van der Waals surface area (Å²) in [6, 6.07) is 9.38. The summed E-state index contributed by atoms with van der Waals surface area (Å²) in [6.45, 7) is 2.20. The van der Waals surface area contributed by atoms with Gasteiger partial charge >= 0.3 is 0 Å². The summed E-state index contributed by atoms with van der Waals surface area (Å²) in [7, 11) is 0. The van der Waals surface area contributed by atoms with Crippen LogP contribution in [0, 0.1) is 6.92 Å². The molecule has 120 valence electrons. The molecule has 1 aliphatic rings. The third kappa shape index (κ3) is 2.05. The molecule has 1 unspecified atom stereocenters. The van der Waals surface area contributed by atoms with Crippen LogP contribution in [0.3, 0.4) is 0 Å². The van der Waals surface area contributed by atoms with Gasteiger partial charge in [0.1, 0.15) is 18.1 Å². The molecule has 8 nitrogen and oxygen atoms in total. The number of fused-ring (bicyclic) bond motifs is 2. The average Bonchev–Trinajstić information content (AvgIpc) is 3.29. The van der Waals surface area contributed by atoms with Gasteiger partial charge in [-0.15, -0.1) is 10.2 Å². The zero-order valence-electron chi connectivity index (χ0n) is 12.5. The van der Waals surface area contributed by atoms with E-state index < -0.39 is 0 Å². The Kier molecular flexibility index (Phi) is 2.83. The topological polar surface area (TPSA) is 87.6 Å². The maximum atomic E-state index is 5.99. The molecular weight excluding hydrogens is 330 g/mol. The lowest BCUT2D eigenvalue weighted by Gasteiger charge is -2.24. The fourth-order valence-corrected chi connectivity index (χ4v) is 3.35. The molecule has 0 radical (unpaired) electrons. The van der Waals surface area contributed by atoms with Crippen LogP contribution in [-0.4, -0.2) is 31.6 Å². The van der Waals surface area contributed by atoms with Crippen molar-refractivity contribution in [1.29, 1.82) is 0 Å². The third-order valence-electron chi connectivity index (χ3n) is 3.66. The minimum absolute atomic E-state index is 0.355. The van der Waals surface area contributed by atoms with E-state index in [4.69, 9.17) is 14.0 Å². The first-order chi connectivity index (χ1) is 11.8. The molecule has 1 aromatic carbocycles. The molecule has 0 amide bonds. The van der Waals surface area contributed by atoms with Gasteiger partial charge < -0.3 is 14.0 Å². The fraction of sp³-hybridized carbons (Fsp3) is 0.200. The smallest absolute Gasteiger partial charge is 0.235 e. The van der Waals surface area contributed by atoms with Crippen molar-refractivity contribution in [3.8, 4) is 22.2 Å². The molecule has 0 aliphatic carbocycles. The lowest BCUT2D eigenvalue weighted by atomic mass is 10.2. The van der Waals surface area contributed by atoms with Gasteiger partial charge in [0.2, 0.25) is 4.96 Å². The maximum absolute atomic E-state index is 5.99. The van der Waals surface area contributed by atoms with Crippen LogP contribution in [0.25, 0.3) is 15.7 Å². The molecule has 0 fully saturated rings. The highest BCUT2D eigenvalue weighted by atomic mass is 32.1. The lowest BCUT2D eigenvalue weighted by Crippen LogP contribution is -2.23. The summed E-state index contributed by atoms with van der Waals surface area (Å²) in [4.78, 5) is 0.670. The van der Waals surface area contributed by atoms with E-state index in [0.29, 0.717) is 28.8 Å². The largest absolute Gasteiger partial charge is 0.485 e. The summed E-state index contributed by atoms with van der Waals surface area (Å²) in [6.07, 6.45) is -0.371. The number of rotatable bonds is 2. The van der Waals surface area contributed by atoms with E-state index in [9.17, 15) is 0 Å². The number of para-hydroxylation sites is 2. The molecular formula is C15H11N5O3S. The van der Waals surface area contributed by atoms with Crippen molar-refractivity contribution < 1.29 is 14.0 Å². The Morgan fingerprint density at radius 2 is 2.08 bits per heavy atom. The van der Waals surface area contributed by atoms with Crippen molar-refractivity contribution in [3.63, 3.8) is 0 Å². The van der Waals surface area contributed by atoms with Gasteiger partial charge in [0.25, 0.3) is 0 Å². The Morgan fingerprint density at radius 3 is 2.92 bits per heavy atom. The van der Waals surface area contributed by atoms with Crippen LogP contribution >= 0.6 is 11.3 Å². The van der Waals surface area contributed by atoms with Gasteiger partial charge in [0.15, 0.2) is 28.4 Å². The molecule has 0 bridgehead atoms. The minimum atomic E-state index is -0.371. The zero-order chi connectivity index (χ0) is 16.1. The number of hydrogen-bond donors (Lipinski definition) is 0. The van der Waals surface area contributed by atoms with Crippen molar-refractivity contribution in [2.45, 2.75) is 13.0 Å². The Labute approximate surface area is 139 Å². The van der Waals surface area contributed by atoms with Gasteiger partial charge in [-0.1, -0.05) is 28.6 Å². The van der Waals surface area contributed by atoms with Gasteiger partial charge in [-0.05, 0) is 19.1 Å². The Hall–Kier alpha value is -2.94. The highest BCUT2D eigenvalue weighted by Gasteiger charge is 2.28. The van der Waals surface area contributed by atoms with E-state index in [1.807, 2.05) is 37.3 Å². The number of ether oxygens (including phenoxy) is 2. The molecule has 1 aliphatic heterocycles. The van der Waals surface area contributed by atoms with Crippen molar-refractivity contribution in [2.24, 2.45) is 0 Å².